The van der Waals surface area contributed by atoms with Crippen molar-refractivity contribution in [1.29, 1.82) is 5.26 Å². The third-order valence-corrected chi connectivity index (χ3v) is 5.04. The van der Waals surface area contributed by atoms with Crippen molar-refractivity contribution in [1.82, 2.24) is 10.2 Å². The molecule has 0 unspecified atom stereocenters. The zero-order valence-electron chi connectivity index (χ0n) is 9.30. The van der Waals surface area contributed by atoms with Crippen LogP contribution in [-0.2, 0) is 0 Å². The fourth-order valence-electron chi connectivity index (χ4n) is 1.24. The number of benzene rings is 1. The molecular formula is C11H9N3S3. The summed E-state index contributed by atoms with van der Waals surface area (Å²) in [5, 5.41) is 17.2. The molecule has 3 nitrogen and oxygen atoms in total. The van der Waals surface area contributed by atoms with Crippen molar-refractivity contribution in [3.05, 3.63) is 29.3 Å². The number of aryl methyl sites for hydroxylation is 1. The van der Waals surface area contributed by atoms with Gasteiger partial charge in [0.2, 0.25) is 0 Å². The predicted molar refractivity (Wildman–Crippen MR) is 71.7 cm³/mol. The number of aromatic nitrogens is 2. The summed E-state index contributed by atoms with van der Waals surface area (Å²) in [6, 6.07) is 8.05. The maximum absolute atomic E-state index is 9.07. The van der Waals surface area contributed by atoms with Gasteiger partial charge in [-0.2, -0.15) is 5.26 Å². The zero-order chi connectivity index (χ0) is 12.3. The molecule has 0 aliphatic carbocycles. The van der Waals surface area contributed by atoms with E-state index in [0.29, 0.717) is 5.56 Å². The molecule has 2 aromatic rings. The molecule has 0 saturated carbocycles. The average molecular weight is 279 g/mol. The van der Waals surface area contributed by atoms with E-state index in [1.165, 1.54) is 11.8 Å². The standard InChI is InChI=1S/C11H9N3S3/c1-7-3-4-9(8(5-7)6-12)16-11-14-13-10(15-2)17-11/h3-5H,1-2H3. The van der Waals surface area contributed by atoms with Gasteiger partial charge in [-0.25, -0.2) is 0 Å². The van der Waals surface area contributed by atoms with E-state index in [2.05, 4.69) is 16.3 Å². The summed E-state index contributed by atoms with van der Waals surface area (Å²) in [6.07, 6.45) is 1.97. The molecule has 86 valence electrons. The molecule has 17 heavy (non-hydrogen) atoms. The highest BCUT2D eigenvalue weighted by molar-refractivity contribution is 8.03. The van der Waals surface area contributed by atoms with E-state index in [9.17, 15) is 0 Å². The third kappa shape index (κ3) is 3.00. The fraction of sp³-hybridized carbons (Fsp3) is 0.182. The molecule has 0 aliphatic heterocycles. The summed E-state index contributed by atoms with van der Waals surface area (Å²) in [6.45, 7) is 1.98. The Morgan fingerprint density at radius 3 is 2.71 bits per heavy atom. The van der Waals surface area contributed by atoms with Crippen molar-refractivity contribution in [3.8, 4) is 6.07 Å². The second kappa shape index (κ2) is 5.54. The number of nitriles is 1. The van der Waals surface area contributed by atoms with E-state index < -0.39 is 0 Å². The number of nitrogens with zero attached hydrogens (tertiary/aromatic N) is 3. The summed E-state index contributed by atoms with van der Waals surface area (Å²) >= 11 is 4.62. The Kier molecular flexibility index (Phi) is 4.05. The zero-order valence-corrected chi connectivity index (χ0v) is 11.7. The molecule has 1 aromatic carbocycles. The van der Waals surface area contributed by atoms with Gasteiger partial charge in [0.15, 0.2) is 8.68 Å². The monoisotopic (exact) mass is 279 g/mol. The number of hydrogen-bond donors (Lipinski definition) is 0. The molecule has 0 spiro atoms. The van der Waals surface area contributed by atoms with E-state index in [0.717, 1.165) is 19.1 Å². The molecule has 0 bridgehead atoms. The van der Waals surface area contributed by atoms with Crippen molar-refractivity contribution in [2.24, 2.45) is 0 Å². The number of rotatable bonds is 3. The number of hydrogen-bond acceptors (Lipinski definition) is 6. The lowest BCUT2D eigenvalue weighted by molar-refractivity contribution is 0.955. The Bertz CT molecular complexity index is 572. The van der Waals surface area contributed by atoms with Crippen LogP contribution in [0.15, 0.2) is 31.8 Å². The molecular weight excluding hydrogens is 270 g/mol. The average Bonchev–Trinajstić information content (AvgIpc) is 2.79. The quantitative estimate of drug-likeness (QED) is 0.804. The minimum Gasteiger partial charge on any atom is -0.192 e. The van der Waals surface area contributed by atoms with E-state index in [-0.39, 0.29) is 0 Å². The lowest BCUT2D eigenvalue weighted by Crippen LogP contribution is -1.83. The first-order valence-corrected chi connectivity index (χ1v) is 7.65. The Morgan fingerprint density at radius 1 is 1.29 bits per heavy atom. The lowest BCUT2D eigenvalue weighted by Gasteiger charge is -2.01. The molecule has 0 aliphatic rings. The molecule has 0 atom stereocenters. The van der Waals surface area contributed by atoms with Gasteiger partial charge in [0.05, 0.1) is 5.56 Å². The molecule has 0 fully saturated rings. The van der Waals surface area contributed by atoms with Crippen molar-refractivity contribution < 1.29 is 0 Å². The van der Waals surface area contributed by atoms with Crippen LogP contribution in [0.4, 0.5) is 0 Å². The number of thioether (sulfide) groups is 1. The van der Waals surface area contributed by atoms with Crippen molar-refractivity contribution >= 4 is 34.9 Å². The SMILES string of the molecule is CSc1nnc(Sc2ccc(C)cc2C#N)s1. The summed E-state index contributed by atoms with van der Waals surface area (Å²) in [4.78, 5) is 0.932. The minimum absolute atomic E-state index is 0.691. The first-order chi connectivity index (χ1) is 8.22. The van der Waals surface area contributed by atoms with E-state index in [1.54, 1.807) is 23.1 Å². The summed E-state index contributed by atoms with van der Waals surface area (Å²) in [5.74, 6) is 0. The molecule has 0 saturated heterocycles. The van der Waals surface area contributed by atoms with Crippen molar-refractivity contribution in [3.63, 3.8) is 0 Å². The summed E-state index contributed by atoms with van der Waals surface area (Å²) in [5.41, 5.74) is 1.78. The first kappa shape index (κ1) is 12.4. The van der Waals surface area contributed by atoms with Gasteiger partial charge in [0.1, 0.15) is 6.07 Å². The molecule has 1 heterocycles. The first-order valence-electron chi connectivity index (χ1n) is 4.79. The van der Waals surface area contributed by atoms with Crippen LogP contribution in [0.1, 0.15) is 11.1 Å². The molecule has 2 rings (SSSR count). The lowest BCUT2D eigenvalue weighted by atomic mass is 10.2. The van der Waals surface area contributed by atoms with Crippen LogP contribution in [-0.4, -0.2) is 16.5 Å². The topological polar surface area (TPSA) is 49.6 Å². The summed E-state index contributed by atoms with van der Waals surface area (Å²) in [7, 11) is 0. The smallest absolute Gasteiger partial charge is 0.179 e. The van der Waals surface area contributed by atoms with Crippen molar-refractivity contribution in [2.75, 3.05) is 6.26 Å². The van der Waals surface area contributed by atoms with Crippen molar-refractivity contribution in [2.45, 2.75) is 20.5 Å². The third-order valence-electron chi connectivity index (χ3n) is 2.02. The highest BCUT2D eigenvalue weighted by Gasteiger charge is 2.08. The highest BCUT2D eigenvalue weighted by Crippen LogP contribution is 2.34. The van der Waals surface area contributed by atoms with Gasteiger partial charge in [-0.05, 0) is 30.9 Å². The Labute approximate surface area is 112 Å². The summed E-state index contributed by atoms with van der Waals surface area (Å²) < 4.78 is 1.81. The van der Waals surface area contributed by atoms with Crippen LogP contribution in [0, 0.1) is 18.3 Å². The van der Waals surface area contributed by atoms with Gasteiger partial charge in [-0.1, -0.05) is 40.9 Å². The van der Waals surface area contributed by atoms with E-state index in [4.69, 9.17) is 5.26 Å². The van der Waals surface area contributed by atoms with Crippen LogP contribution >= 0.6 is 34.9 Å². The maximum atomic E-state index is 9.07. The van der Waals surface area contributed by atoms with Crippen LogP contribution in [0.25, 0.3) is 0 Å². The Balaban J connectivity index is 2.27. The Hall–Kier alpha value is -1.03. The maximum Gasteiger partial charge on any atom is 0.179 e. The van der Waals surface area contributed by atoms with Gasteiger partial charge in [-0.15, -0.1) is 10.2 Å². The van der Waals surface area contributed by atoms with Crippen LogP contribution in [0.2, 0.25) is 0 Å². The second-order valence-electron chi connectivity index (χ2n) is 3.25. The van der Waals surface area contributed by atoms with Gasteiger partial charge in [-0.3, -0.25) is 0 Å². The largest absolute Gasteiger partial charge is 0.192 e. The normalized spacial score (nSPS) is 10.2. The molecule has 0 radical (unpaired) electrons. The predicted octanol–water partition coefficient (Wildman–Crippen LogP) is 3.59. The van der Waals surface area contributed by atoms with E-state index >= 15 is 0 Å². The van der Waals surface area contributed by atoms with Gasteiger partial charge in [0.25, 0.3) is 0 Å². The van der Waals surface area contributed by atoms with Gasteiger partial charge in [0, 0.05) is 4.90 Å². The van der Waals surface area contributed by atoms with Crippen LogP contribution in [0.3, 0.4) is 0 Å². The molecule has 6 heteroatoms. The molecule has 0 amide bonds. The molecule has 1 aromatic heterocycles. The molecule has 0 N–H and O–H groups in total. The highest BCUT2D eigenvalue weighted by atomic mass is 32.2. The van der Waals surface area contributed by atoms with Crippen LogP contribution in [0.5, 0.6) is 0 Å². The Morgan fingerprint density at radius 2 is 2.06 bits per heavy atom. The van der Waals surface area contributed by atoms with E-state index in [1.807, 2.05) is 31.4 Å². The van der Waals surface area contributed by atoms with Gasteiger partial charge < -0.3 is 0 Å². The minimum atomic E-state index is 0.691. The fourth-order valence-corrected chi connectivity index (χ4v) is 3.69. The van der Waals surface area contributed by atoms with Gasteiger partial charge >= 0.3 is 0 Å². The second-order valence-corrected chi connectivity index (χ2v) is 6.57. The van der Waals surface area contributed by atoms with Crippen LogP contribution < -0.4 is 0 Å².